The molecular formula is C19H18ClN5O. The van der Waals surface area contributed by atoms with Gasteiger partial charge < -0.3 is 16.3 Å². The molecule has 0 saturated heterocycles. The summed E-state index contributed by atoms with van der Waals surface area (Å²) in [6.07, 6.45) is 2.42. The van der Waals surface area contributed by atoms with Gasteiger partial charge in [-0.3, -0.25) is 0 Å². The summed E-state index contributed by atoms with van der Waals surface area (Å²) >= 11 is 5.91. The second-order valence-electron chi connectivity index (χ2n) is 6.37. The van der Waals surface area contributed by atoms with Crippen LogP contribution in [-0.2, 0) is 6.42 Å². The van der Waals surface area contributed by atoms with Gasteiger partial charge in [-0.25, -0.2) is 4.98 Å². The van der Waals surface area contributed by atoms with E-state index in [1.807, 2.05) is 48.7 Å². The molecule has 1 aromatic heterocycles. The highest BCUT2D eigenvalue weighted by Gasteiger charge is 2.17. The van der Waals surface area contributed by atoms with Gasteiger partial charge in [0, 0.05) is 23.7 Å². The molecule has 6 nitrogen and oxygen atoms in total. The van der Waals surface area contributed by atoms with Gasteiger partial charge in [-0.15, -0.1) is 0 Å². The van der Waals surface area contributed by atoms with Gasteiger partial charge in [0.05, 0.1) is 16.9 Å². The van der Waals surface area contributed by atoms with Gasteiger partial charge in [0.25, 0.3) is 0 Å². The Morgan fingerprint density at radius 1 is 1.19 bits per heavy atom. The lowest BCUT2D eigenvalue weighted by Crippen LogP contribution is -2.17. The van der Waals surface area contributed by atoms with Crippen LogP contribution in [0.2, 0.25) is 5.02 Å². The van der Waals surface area contributed by atoms with Crippen LogP contribution in [-0.4, -0.2) is 27.8 Å². The molecule has 0 saturated carbocycles. The molecule has 2 heterocycles. The highest BCUT2D eigenvalue weighted by Crippen LogP contribution is 2.28. The first-order valence-corrected chi connectivity index (χ1v) is 8.74. The molecular weight excluding hydrogens is 350 g/mol. The summed E-state index contributed by atoms with van der Waals surface area (Å²) in [6.45, 7) is 0.747. The fourth-order valence-electron chi connectivity index (χ4n) is 3.06. The van der Waals surface area contributed by atoms with Gasteiger partial charge in [0.2, 0.25) is 5.88 Å². The molecule has 1 unspecified atom stereocenters. The first kappa shape index (κ1) is 16.8. The van der Waals surface area contributed by atoms with Gasteiger partial charge >= 0.3 is 0 Å². The van der Waals surface area contributed by atoms with E-state index in [9.17, 15) is 5.11 Å². The molecule has 132 valence electrons. The number of halogens is 1. The Kier molecular flexibility index (Phi) is 4.44. The molecule has 0 spiro atoms. The first-order valence-electron chi connectivity index (χ1n) is 8.37. The Labute approximate surface area is 155 Å². The molecule has 2 atom stereocenters. The minimum atomic E-state index is -0.419. The summed E-state index contributed by atoms with van der Waals surface area (Å²) in [5.41, 5.74) is 12.0. The van der Waals surface area contributed by atoms with Crippen LogP contribution in [0, 0.1) is 0 Å². The smallest absolute Gasteiger partial charge is 0.222 e. The van der Waals surface area contributed by atoms with Gasteiger partial charge in [0.1, 0.15) is 5.82 Å². The molecule has 1 aliphatic heterocycles. The number of rotatable bonds is 4. The normalized spacial score (nSPS) is 17.4. The lowest BCUT2D eigenvalue weighted by atomic mass is 9.99. The highest BCUT2D eigenvalue weighted by molar-refractivity contribution is 6.30. The fourth-order valence-corrected chi connectivity index (χ4v) is 3.19. The second kappa shape index (κ2) is 6.90. The minimum absolute atomic E-state index is 0.0544. The Balaban J connectivity index is 1.62. The van der Waals surface area contributed by atoms with Crippen molar-refractivity contribution < 1.29 is 5.11 Å². The topological polar surface area (TPSA) is 96.4 Å². The number of hydrogen-bond acceptors (Lipinski definition) is 6. The molecule has 3 aromatic rings. The van der Waals surface area contributed by atoms with Crippen molar-refractivity contribution in [3.8, 4) is 5.88 Å². The number of benzene rings is 2. The van der Waals surface area contributed by atoms with E-state index in [-0.39, 0.29) is 11.8 Å². The van der Waals surface area contributed by atoms with Gasteiger partial charge in [0.15, 0.2) is 0 Å². The summed E-state index contributed by atoms with van der Waals surface area (Å²) in [4.78, 5) is 8.77. The predicted molar refractivity (Wildman–Crippen MR) is 103 cm³/mol. The van der Waals surface area contributed by atoms with Crippen molar-refractivity contribution in [2.24, 2.45) is 10.8 Å². The summed E-state index contributed by atoms with van der Waals surface area (Å²) in [6, 6.07) is 12.9. The molecule has 2 aromatic carbocycles. The monoisotopic (exact) mass is 367 g/mol. The number of aromatic hydroxyl groups is 1. The lowest BCUT2D eigenvalue weighted by Gasteiger charge is -2.13. The zero-order chi connectivity index (χ0) is 18.1. The number of hydrogen-bond donors (Lipinski definition) is 3. The molecule has 1 aliphatic rings. The van der Waals surface area contributed by atoms with Crippen LogP contribution in [0.1, 0.15) is 28.9 Å². The van der Waals surface area contributed by atoms with Crippen LogP contribution in [0.5, 0.6) is 5.88 Å². The quantitative estimate of drug-likeness (QED) is 0.658. The molecule has 0 bridgehead atoms. The van der Waals surface area contributed by atoms with Crippen LogP contribution in [0.25, 0.3) is 10.9 Å². The van der Waals surface area contributed by atoms with Gasteiger partial charge in [-0.1, -0.05) is 29.8 Å². The molecule has 26 heavy (non-hydrogen) atoms. The third-order valence-electron chi connectivity index (χ3n) is 4.50. The van der Waals surface area contributed by atoms with Crippen LogP contribution in [0.4, 0.5) is 0 Å². The third kappa shape index (κ3) is 3.34. The van der Waals surface area contributed by atoms with E-state index in [0.29, 0.717) is 28.2 Å². The second-order valence-corrected chi connectivity index (χ2v) is 6.80. The van der Waals surface area contributed by atoms with E-state index >= 15 is 0 Å². The highest BCUT2D eigenvalue weighted by atomic mass is 35.5. The number of nitrogens with two attached hydrogens (primary N) is 1. The van der Waals surface area contributed by atoms with E-state index in [1.165, 1.54) is 0 Å². The number of fused-ring (bicyclic) bond motifs is 1. The number of hydrazone groups is 1. The maximum Gasteiger partial charge on any atom is 0.222 e. The summed E-state index contributed by atoms with van der Waals surface area (Å²) in [7, 11) is 0. The van der Waals surface area contributed by atoms with Crippen molar-refractivity contribution in [2.75, 3.05) is 6.54 Å². The molecule has 0 amide bonds. The third-order valence-corrected chi connectivity index (χ3v) is 4.75. The SMILES string of the molecule is N[C@@H](Cc1ccc(Cl)cc1)c1nc(O)c2cc(C3C=NNC3)ccc2n1. The lowest BCUT2D eigenvalue weighted by molar-refractivity contribution is 0.453. The summed E-state index contributed by atoms with van der Waals surface area (Å²) < 4.78 is 0. The minimum Gasteiger partial charge on any atom is -0.493 e. The van der Waals surface area contributed by atoms with Crippen molar-refractivity contribution in [3.63, 3.8) is 0 Å². The average Bonchev–Trinajstić information content (AvgIpc) is 3.18. The molecule has 0 fully saturated rings. The zero-order valence-corrected chi connectivity index (χ0v) is 14.7. The average molecular weight is 368 g/mol. The van der Waals surface area contributed by atoms with E-state index in [0.717, 1.165) is 17.7 Å². The number of aromatic nitrogens is 2. The van der Waals surface area contributed by atoms with Crippen LogP contribution in [0.3, 0.4) is 0 Å². The number of nitrogens with zero attached hydrogens (tertiary/aromatic N) is 3. The summed E-state index contributed by atoms with van der Waals surface area (Å²) in [5.74, 6) is 0.550. The van der Waals surface area contributed by atoms with E-state index in [4.69, 9.17) is 17.3 Å². The molecule has 0 radical (unpaired) electrons. The fraction of sp³-hybridized carbons (Fsp3) is 0.211. The zero-order valence-electron chi connectivity index (χ0n) is 13.9. The Morgan fingerprint density at radius 3 is 2.73 bits per heavy atom. The standard InChI is InChI=1S/C19H18ClN5O/c20-14-4-1-11(2-5-14)7-16(21)18-24-17-6-3-12(13-9-22-23-10-13)8-15(17)19(26)25-18/h1-6,8-9,13,16,23H,7,10,21H2,(H,24,25,26)/t13?,16-/m0/s1. The predicted octanol–water partition coefficient (Wildman–Crippen LogP) is 2.90. The van der Waals surface area contributed by atoms with E-state index in [1.54, 1.807) is 0 Å². The van der Waals surface area contributed by atoms with Crippen molar-refractivity contribution >= 4 is 28.7 Å². The number of nitrogens with one attached hydrogen (secondary N) is 1. The molecule has 7 heteroatoms. The largest absolute Gasteiger partial charge is 0.493 e. The van der Waals surface area contributed by atoms with Crippen molar-refractivity contribution in [2.45, 2.75) is 18.4 Å². The van der Waals surface area contributed by atoms with Crippen molar-refractivity contribution in [3.05, 3.63) is 64.4 Å². The van der Waals surface area contributed by atoms with Gasteiger partial charge in [-0.2, -0.15) is 10.1 Å². The first-order chi connectivity index (χ1) is 12.6. The van der Waals surface area contributed by atoms with E-state index < -0.39 is 6.04 Å². The summed E-state index contributed by atoms with van der Waals surface area (Å²) in [5, 5.41) is 15.7. The van der Waals surface area contributed by atoms with Crippen LogP contribution >= 0.6 is 11.6 Å². The maximum absolute atomic E-state index is 10.4. The molecule has 0 aliphatic carbocycles. The van der Waals surface area contributed by atoms with E-state index in [2.05, 4.69) is 20.5 Å². The Bertz CT molecular complexity index is 974. The van der Waals surface area contributed by atoms with Gasteiger partial charge in [-0.05, 0) is 41.8 Å². The molecule has 4 N–H and O–H groups in total. The van der Waals surface area contributed by atoms with Crippen molar-refractivity contribution in [1.29, 1.82) is 0 Å². The molecule has 4 rings (SSSR count). The van der Waals surface area contributed by atoms with Crippen LogP contribution < -0.4 is 11.2 Å². The maximum atomic E-state index is 10.4. The van der Waals surface area contributed by atoms with Crippen LogP contribution in [0.15, 0.2) is 47.6 Å². The van der Waals surface area contributed by atoms with Crippen molar-refractivity contribution in [1.82, 2.24) is 15.4 Å². The Hall–Kier alpha value is -2.70. The Morgan fingerprint density at radius 2 is 2.00 bits per heavy atom.